The molecule has 6 nitrogen and oxygen atoms in total. The minimum Gasteiger partial charge on any atom is -0.469 e. The highest BCUT2D eigenvalue weighted by atomic mass is 16.3. The van der Waals surface area contributed by atoms with Gasteiger partial charge >= 0.3 is 0 Å². The molecular formula is C18H29N5O. The minimum atomic E-state index is 0.578. The number of nitrogens with one attached hydrogen (secondary N) is 2. The van der Waals surface area contributed by atoms with Gasteiger partial charge in [-0.05, 0) is 19.1 Å². The number of hydrogen-bond donors (Lipinski definition) is 2. The molecule has 3 aliphatic heterocycles. The largest absolute Gasteiger partial charge is 0.469 e. The lowest BCUT2D eigenvalue weighted by atomic mass is 10.1. The predicted molar refractivity (Wildman–Crippen MR) is 97.3 cm³/mol. The van der Waals surface area contributed by atoms with Gasteiger partial charge < -0.3 is 15.1 Å². The molecule has 1 atom stereocenters. The lowest BCUT2D eigenvalue weighted by Crippen LogP contribution is -2.63. The van der Waals surface area contributed by atoms with E-state index in [1.807, 2.05) is 19.1 Å². The van der Waals surface area contributed by atoms with E-state index in [2.05, 4.69) is 32.0 Å². The first-order chi connectivity index (χ1) is 11.7. The summed E-state index contributed by atoms with van der Waals surface area (Å²) < 4.78 is 5.38. The summed E-state index contributed by atoms with van der Waals surface area (Å²) >= 11 is 0. The number of aliphatic imine (C=N–C) groups is 1. The van der Waals surface area contributed by atoms with E-state index in [4.69, 9.17) is 4.42 Å². The third-order valence-corrected chi connectivity index (χ3v) is 4.65. The van der Waals surface area contributed by atoms with Crippen LogP contribution in [0.15, 0.2) is 40.0 Å². The number of fused-ring (bicyclic) bond motifs is 3. The summed E-state index contributed by atoms with van der Waals surface area (Å²) in [5.74, 6) is 1.85. The molecule has 1 aromatic heterocycles. The predicted octanol–water partition coefficient (Wildman–Crippen LogP) is 0.933. The lowest BCUT2D eigenvalue weighted by Gasteiger charge is -2.47. The number of furan rings is 1. The topological polar surface area (TPSA) is 56.0 Å². The maximum absolute atomic E-state index is 5.38. The lowest BCUT2D eigenvalue weighted by molar-refractivity contribution is 0.0154. The van der Waals surface area contributed by atoms with Crippen molar-refractivity contribution in [3.63, 3.8) is 0 Å². The van der Waals surface area contributed by atoms with Crippen molar-refractivity contribution in [2.45, 2.75) is 19.4 Å². The minimum absolute atomic E-state index is 0.578. The van der Waals surface area contributed by atoms with Crippen LogP contribution in [0.4, 0.5) is 0 Å². The average Bonchev–Trinajstić information content (AvgIpc) is 3.11. The zero-order valence-corrected chi connectivity index (χ0v) is 14.6. The number of rotatable bonds is 7. The normalized spacial score (nSPS) is 26.4. The van der Waals surface area contributed by atoms with Gasteiger partial charge in [-0.25, -0.2) is 4.99 Å². The van der Waals surface area contributed by atoms with Crippen LogP contribution < -0.4 is 10.6 Å². The van der Waals surface area contributed by atoms with Crippen LogP contribution >= 0.6 is 0 Å². The van der Waals surface area contributed by atoms with Crippen molar-refractivity contribution in [2.24, 2.45) is 4.99 Å². The van der Waals surface area contributed by atoms with Gasteiger partial charge in [-0.3, -0.25) is 9.80 Å². The Balaban J connectivity index is 1.48. The summed E-state index contributed by atoms with van der Waals surface area (Å²) in [6, 6.07) is 4.50. The van der Waals surface area contributed by atoms with Gasteiger partial charge in [0.1, 0.15) is 5.76 Å². The Morgan fingerprint density at radius 2 is 2.17 bits per heavy atom. The highest BCUT2D eigenvalue weighted by molar-refractivity contribution is 5.80. The molecule has 1 unspecified atom stereocenters. The molecule has 0 amide bonds. The summed E-state index contributed by atoms with van der Waals surface area (Å²) in [7, 11) is 0. The first-order valence-corrected chi connectivity index (χ1v) is 8.86. The van der Waals surface area contributed by atoms with Crippen molar-refractivity contribution < 1.29 is 4.42 Å². The Labute approximate surface area is 144 Å². The number of nitrogens with zero attached hydrogens (tertiary/aromatic N) is 3. The summed E-state index contributed by atoms with van der Waals surface area (Å²) in [6.07, 6.45) is 2.57. The van der Waals surface area contributed by atoms with Crippen LogP contribution in [0.3, 0.4) is 0 Å². The van der Waals surface area contributed by atoms with Crippen molar-refractivity contribution in [1.82, 2.24) is 20.4 Å². The fourth-order valence-corrected chi connectivity index (χ4v) is 3.28. The van der Waals surface area contributed by atoms with Gasteiger partial charge in [0.25, 0.3) is 0 Å². The van der Waals surface area contributed by atoms with E-state index in [0.29, 0.717) is 12.6 Å². The molecule has 0 aromatic carbocycles. The smallest absolute Gasteiger partial charge is 0.191 e. The van der Waals surface area contributed by atoms with Gasteiger partial charge in [0.2, 0.25) is 0 Å². The highest BCUT2D eigenvalue weighted by Gasteiger charge is 2.31. The zero-order chi connectivity index (χ0) is 16.8. The van der Waals surface area contributed by atoms with Gasteiger partial charge in [0.15, 0.2) is 5.96 Å². The van der Waals surface area contributed by atoms with Crippen LogP contribution in [0, 0.1) is 0 Å². The summed E-state index contributed by atoms with van der Waals surface area (Å²) in [6.45, 7) is 14.3. The fourth-order valence-electron chi connectivity index (χ4n) is 3.28. The van der Waals surface area contributed by atoms with Crippen LogP contribution in [0.5, 0.6) is 0 Å². The van der Waals surface area contributed by atoms with Crippen LogP contribution in [-0.2, 0) is 6.42 Å². The fraction of sp³-hybridized carbons (Fsp3) is 0.611. The Morgan fingerprint density at radius 1 is 1.33 bits per heavy atom. The van der Waals surface area contributed by atoms with Crippen molar-refractivity contribution in [2.75, 3.05) is 52.4 Å². The number of piperazine rings is 3. The second kappa shape index (κ2) is 8.35. The van der Waals surface area contributed by atoms with E-state index in [1.54, 1.807) is 6.26 Å². The zero-order valence-electron chi connectivity index (χ0n) is 14.6. The number of hydrogen-bond acceptors (Lipinski definition) is 4. The number of guanidine groups is 1. The highest BCUT2D eigenvalue weighted by Crippen LogP contribution is 2.14. The molecule has 3 aliphatic rings. The van der Waals surface area contributed by atoms with Crippen molar-refractivity contribution in [3.05, 3.63) is 36.3 Å². The van der Waals surface area contributed by atoms with E-state index in [0.717, 1.165) is 43.3 Å². The third-order valence-electron chi connectivity index (χ3n) is 4.65. The first-order valence-electron chi connectivity index (χ1n) is 8.86. The Hall–Kier alpha value is -1.79. The molecule has 132 valence electrons. The maximum atomic E-state index is 5.38. The van der Waals surface area contributed by atoms with E-state index in [-0.39, 0.29) is 0 Å². The van der Waals surface area contributed by atoms with Gasteiger partial charge in [0.05, 0.1) is 12.8 Å². The molecule has 6 heteroatoms. The van der Waals surface area contributed by atoms with Crippen LogP contribution in [0.1, 0.15) is 12.7 Å². The molecule has 4 rings (SSSR count). The van der Waals surface area contributed by atoms with Crippen molar-refractivity contribution in [3.8, 4) is 0 Å². The molecular weight excluding hydrogens is 302 g/mol. The van der Waals surface area contributed by atoms with Gasteiger partial charge in [0, 0.05) is 58.3 Å². The third kappa shape index (κ3) is 4.85. The van der Waals surface area contributed by atoms with Gasteiger partial charge in [-0.15, -0.1) is 0 Å². The molecule has 0 aliphatic carbocycles. The molecule has 0 saturated carbocycles. The Bertz CT molecular complexity index is 546. The van der Waals surface area contributed by atoms with E-state index >= 15 is 0 Å². The van der Waals surface area contributed by atoms with Crippen LogP contribution in [-0.4, -0.2) is 74.2 Å². The van der Waals surface area contributed by atoms with Crippen LogP contribution in [0.25, 0.3) is 0 Å². The molecule has 0 radical (unpaired) electrons. The summed E-state index contributed by atoms with van der Waals surface area (Å²) in [5.41, 5.74) is 1.06. The monoisotopic (exact) mass is 331 g/mol. The van der Waals surface area contributed by atoms with Gasteiger partial charge in [-0.2, -0.15) is 0 Å². The molecule has 24 heavy (non-hydrogen) atoms. The maximum Gasteiger partial charge on any atom is 0.191 e. The molecule has 0 spiro atoms. The van der Waals surface area contributed by atoms with Crippen molar-refractivity contribution >= 4 is 5.96 Å². The average molecular weight is 331 g/mol. The van der Waals surface area contributed by atoms with E-state index in [9.17, 15) is 0 Å². The standard InChI is InChI=1S/C18H29N5O/c1-15(2)12-20-18(19-6-5-17-4-3-11-24-17)21-13-16-14-22-7-9-23(16)10-8-22/h3-4,11,16H,1,5-10,12-14H2,2H3,(H2,19,20,21). The molecule has 2 bridgehead atoms. The van der Waals surface area contributed by atoms with Gasteiger partial charge in [-0.1, -0.05) is 12.2 Å². The molecule has 1 aromatic rings. The van der Waals surface area contributed by atoms with Crippen LogP contribution in [0.2, 0.25) is 0 Å². The SMILES string of the molecule is C=C(C)CN=C(NCCc1ccco1)NCC1CN2CCN1CC2. The van der Waals surface area contributed by atoms with E-state index in [1.165, 1.54) is 26.2 Å². The molecule has 2 N–H and O–H groups in total. The Kier molecular flexibility index (Phi) is 5.93. The summed E-state index contributed by atoms with van der Waals surface area (Å²) in [4.78, 5) is 9.77. The van der Waals surface area contributed by atoms with Crippen molar-refractivity contribution in [1.29, 1.82) is 0 Å². The molecule has 3 saturated heterocycles. The molecule has 4 heterocycles. The second-order valence-electron chi connectivity index (χ2n) is 6.75. The second-order valence-corrected chi connectivity index (χ2v) is 6.75. The Morgan fingerprint density at radius 3 is 2.79 bits per heavy atom. The molecule has 3 fully saturated rings. The quantitative estimate of drug-likeness (QED) is 0.442. The summed E-state index contributed by atoms with van der Waals surface area (Å²) in [5, 5.41) is 6.91. The first kappa shape index (κ1) is 17.0. The van der Waals surface area contributed by atoms with E-state index < -0.39 is 0 Å².